The summed E-state index contributed by atoms with van der Waals surface area (Å²) in [5.74, 6) is 0.516. The van der Waals surface area contributed by atoms with Crippen LogP contribution < -0.4 is 10.1 Å². The van der Waals surface area contributed by atoms with E-state index in [-0.39, 0.29) is 5.91 Å². The summed E-state index contributed by atoms with van der Waals surface area (Å²) < 4.78 is 5.23. The number of amides is 1. The van der Waals surface area contributed by atoms with Gasteiger partial charge >= 0.3 is 0 Å². The third-order valence-electron chi connectivity index (χ3n) is 4.60. The zero-order chi connectivity index (χ0) is 20.4. The van der Waals surface area contributed by atoms with E-state index in [9.17, 15) is 4.79 Å². The standard InChI is InChI=1S/C22H19N3O2S2/c1-13-14(2)28-21-19(13)22(24-12-23-21)29-18-10-5-4-9-17(18)20(26)25-15-7-6-8-16(11-15)27-3/h4-12H,1-3H3,(H,25,26). The quantitative estimate of drug-likeness (QED) is 0.418. The van der Waals surface area contributed by atoms with Gasteiger partial charge in [0, 0.05) is 26.9 Å². The van der Waals surface area contributed by atoms with Gasteiger partial charge in [-0.25, -0.2) is 9.97 Å². The van der Waals surface area contributed by atoms with Crippen LogP contribution in [-0.4, -0.2) is 23.0 Å². The van der Waals surface area contributed by atoms with Crippen molar-refractivity contribution in [1.29, 1.82) is 0 Å². The second-order valence-electron chi connectivity index (χ2n) is 6.43. The molecule has 1 N–H and O–H groups in total. The van der Waals surface area contributed by atoms with Gasteiger partial charge in [0.1, 0.15) is 21.9 Å². The zero-order valence-corrected chi connectivity index (χ0v) is 17.9. The number of carbonyl (C=O) groups is 1. The molecule has 0 spiro atoms. The molecule has 2 aromatic carbocycles. The molecule has 4 aromatic rings. The Bertz CT molecular complexity index is 1200. The van der Waals surface area contributed by atoms with Crippen LogP contribution in [0.4, 0.5) is 5.69 Å². The fourth-order valence-corrected chi connectivity index (χ4v) is 5.11. The minimum Gasteiger partial charge on any atom is -0.497 e. The fraction of sp³-hybridized carbons (Fsp3) is 0.136. The summed E-state index contributed by atoms with van der Waals surface area (Å²) in [7, 11) is 1.60. The molecule has 0 radical (unpaired) electrons. The molecule has 0 saturated heterocycles. The number of methoxy groups -OCH3 is 1. The lowest BCUT2D eigenvalue weighted by atomic mass is 10.2. The molecule has 0 saturated carbocycles. The van der Waals surface area contributed by atoms with Gasteiger partial charge in [0.15, 0.2) is 0 Å². The normalized spacial score (nSPS) is 10.9. The smallest absolute Gasteiger partial charge is 0.256 e. The molecule has 0 aliphatic rings. The first kappa shape index (κ1) is 19.4. The lowest BCUT2D eigenvalue weighted by Gasteiger charge is -2.11. The second kappa shape index (κ2) is 8.23. The van der Waals surface area contributed by atoms with Crippen LogP contribution in [0.5, 0.6) is 5.75 Å². The van der Waals surface area contributed by atoms with Crippen molar-refractivity contribution in [3.8, 4) is 5.75 Å². The van der Waals surface area contributed by atoms with E-state index in [1.165, 1.54) is 22.2 Å². The average Bonchev–Trinajstić information content (AvgIpc) is 3.03. The molecule has 5 nitrogen and oxygen atoms in total. The Hall–Kier alpha value is -2.90. The summed E-state index contributed by atoms with van der Waals surface area (Å²) in [5.41, 5.74) is 2.46. The number of aryl methyl sites for hydroxylation is 2. The lowest BCUT2D eigenvalue weighted by Crippen LogP contribution is -2.13. The monoisotopic (exact) mass is 421 g/mol. The zero-order valence-electron chi connectivity index (χ0n) is 16.2. The summed E-state index contributed by atoms with van der Waals surface area (Å²) in [5, 5.41) is 4.87. The maximum Gasteiger partial charge on any atom is 0.256 e. The van der Waals surface area contributed by atoms with Crippen LogP contribution in [0.2, 0.25) is 0 Å². The van der Waals surface area contributed by atoms with E-state index >= 15 is 0 Å². The molecule has 146 valence electrons. The van der Waals surface area contributed by atoms with Gasteiger partial charge in [-0.15, -0.1) is 11.3 Å². The van der Waals surface area contributed by atoms with E-state index in [1.807, 2.05) is 42.5 Å². The summed E-state index contributed by atoms with van der Waals surface area (Å²) in [4.78, 5) is 24.9. The molecule has 0 fully saturated rings. The highest BCUT2D eigenvalue weighted by molar-refractivity contribution is 7.99. The van der Waals surface area contributed by atoms with Crippen LogP contribution in [0, 0.1) is 13.8 Å². The molecule has 2 aromatic heterocycles. The molecule has 0 atom stereocenters. The van der Waals surface area contributed by atoms with E-state index in [1.54, 1.807) is 30.8 Å². The van der Waals surface area contributed by atoms with Crippen molar-refractivity contribution in [3.05, 3.63) is 70.9 Å². The Morgan fingerprint density at radius 3 is 2.76 bits per heavy atom. The lowest BCUT2D eigenvalue weighted by molar-refractivity contribution is 0.102. The second-order valence-corrected chi connectivity index (χ2v) is 8.66. The highest BCUT2D eigenvalue weighted by Crippen LogP contribution is 2.38. The Balaban J connectivity index is 1.66. The van der Waals surface area contributed by atoms with Gasteiger partial charge in [0.25, 0.3) is 5.91 Å². The number of hydrogen-bond donors (Lipinski definition) is 1. The summed E-state index contributed by atoms with van der Waals surface area (Å²) >= 11 is 3.15. The number of anilines is 1. The number of rotatable bonds is 5. The molecule has 0 aliphatic carbocycles. The average molecular weight is 422 g/mol. The maximum atomic E-state index is 13.0. The molecule has 1 amide bonds. The largest absolute Gasteiger partial charge is 0.497 e. The van der Waals surface area contributed by atoms with Crippen molar-refractivity contribution >= 4 is 44.9 Å². The first-order valence-corrected chi connectivity index (χ1v) is 10.6. The van der Waals surface area contributed by atoms with Gasteiger partial charge in [-0.2, -0.15) is 0 Å². The molecule has 0 bridgehead atoms. The molecule has 0 unspecified atom stereocenters. The number of thiophene rings is 1. The van der Waals surface area contributed by atoms with Gasteiger partial charge in [0.2, 0.25) is 0 Å². The van der Waals surface area contributed by atoms with Gasteiger partial charge < -0.3 is 10.1 Å². The predicted molar refractivity (Wildman–Crippen MR) is 118 cm³/mol. The molecule has 0 aliphatic heterocycles. The third kappa shape index (κ3) is 3.97. The maximum absolute atomic E-state index is 13.0. The number of benzene rings is 2. The minimum atomic E-state index is -0.176. The van der Waals surface area contributed by atoms with Crippen LogP contribution in [0.3, 0.4) is 0 Å². The van der Waals surface area contributed by atoms with E-state index in [0.29, 0.717) is 17.0 Å². The highest BCUT2D eigenvalue weighted by Gasteiger charge is 2.17. The molecular formula is C22H19N3O2S2. The van der Waals surface area contributed by atoms with Gasteiger partial charge in [-0.05, 0) is 43.7 Å². The Kier molecular flexibility index (Phi) is 5.51. The summed E-state index contributed by atoms with van der Waals surface area (Å²) in [6.45, 7) is 4.18. The van der Waals surface area contributed by atoms with Crippen LogP contribution >= 0.6 is 23.1 Å². The van der Waals surface area contributed by atoms with Crippen LogP contribution in [0.1, 0.15) is 20.8 Å². The number of carbonyl (C=O) groups excluding carboxylic acids is 1. The Morgan fingerprint density at radius 1 is 1.10 bits per heavy atom. The van der Waals surface area contributed by atoms with Crippen molar-refractivity contribution in [2.24, 2.45) is 0 Å². The molecule has 7 heteroatoms. The molecule has 2 heterocycles. The number of nitrogens with one attached hydrogen (secondary N) is 1. The SMILES string of the molecule is COc1cccc(NC(=O)c2ccccc2Sc2ncnc3sc(C)c(C)c23)c1. The summed E-state index contributed by atoms with van der Waals surface area (Å²) in [6.07, 6.45) is 1.58. The van der Waals surface area contributed by atoms with Crippen LogP contribution in [0.15, 0.2) is 64.8 Å². The number of hydrogen-bond acceptors (Lipinski definition) is 6. The first-order valence-electron chi connectivity index (χ1n) is 9.00. The van der Waals surface area contributed by atoms with Gasteiger partial charge in [-0.1, -0.05) is 30.0 Å². The third-order valence-corrected chi connectivity index (χ3v) is 6.79. The fourth-order valence-electron chi connectivity index (χ4n) is 2.97. The van der Waals surface area contributed by atoms with E-state index in [4.69, 9.17) is 4.74 Å². The highest BCUT2D eigenvalue weighted by atomic mass is 32.2. The van der Waals surface area contributed by atoms with Crippen LogP contribution in [-0.2, 0) is 0 Å². The Labute approximate surface area is 177 Å². The number of ether oxygens (including phenoxy) is 1. The van der Waals surface area contributed by atoms with E-state index in [0.717, 1.165) is 20.1 Å². The minimum absolute atomic E-state index is 0.176. The molecule has 29 heavy (non-hydrogen) atoms. The Morgan fingerprint density at radius 2 is 1.93 bits per heavy atom. The molecule has 4 rings (SSSR count). The first-order chi connectivity index (χ1) is 14.1. The van der Waals surface area contributed by atoms with Gasteiger partial charge in [-0.3, -0.25) is 4.79 Å². The van der Waals surface area contributed by atoms with E-state index < -0.39 is 0 Å². The van der Waals surface area contributed by atoms with Crippen molar-refractivity contribution < 1.29 is 9.53 Å². The van der Waals surface area contributed by atoms with Crippen molar-refractivity contribution in [2.45, 2.75) is 23.8 Å². The number of fused-ring (bicyclic) bond motifs is 1. The number of aromatic nitrogens is 2. The predicted octanol–water partition coefficient (Wildman–Crippen LogP) is 5.72. The van der Waals surface area contributed by atoms with Gasteiger partial charge in [0.05, 0.1) is 12.7 Å². The topological polar surface area (TPSA) is 64.1 Å². The number of nitrogens with zero attached hydrogens (tertiary/aromatic N) is 2. The van der Waals surface area contributed by atoms with Crippen molar-refractivity contribution in [1.82, 2.24) is 9.97 Å². The van der Waals surface area contributed by atoms with Crippen molar-refractivity contribution in [2.75, 3.05) is 12.4 Å². The summed E-state index contributed by atoms with van der Waals surface area (Å²) in [6, 6.07) is 14.9. The van der Waals surface area contributed by atoms with Crippen molar-refractivity contribution in [3.63, 3.8) is 0 Å². The van der Waals surface area contributed by atoms with E-state index in [2.05, 4.69) is 29.1 Å². The molecular weight excluding hydrogens is 402 g/mol. The van der Waals surface area contributed by atoms with Crippen LogP contribution in [0.25, 0.3) is 10.2 Å².